The number of hydrogen-bond acceptors (Lipinski definition) is 2. The Labute approximate surface area is 144 Å². The van der Waals surface area contributed by atoms with E-state index in [0.29, 0.717) is 5.92 Å². The quantitative estimate of drug-likeness (QED) is 0.806. The lowest BCUT2D eigenvalue weighted by atomic mass is 9.83. The molecule has 2 fully saturated rings. The molecular formula is C20H28N2O2. The van der Waals surface area contributed by atoms with Crippen LogP contribution < -0.4 is 10.6 Å². The zero-order valence-corrected chi connectivity index (χ0v) is 14.3. The summed E-state index contributed by atoms with van der Waals surface area (Å²) < 4.78 is 0. The van der Waals surface area contributed by atoms with Gasteiger partial charge in [0, 0.05) is 5.92 Å². The van der Waals surface area contributed by atoms with Gasteiger partial charge in [-0.2, -0.15) is 0 Å². The highest BCUT2D eigenvalue weighted by Gasteiger charge is 2.29. The number of carbonyl (C=O) groups is 2. The monoisotopic (exact) mass is 328 g/mol. The van der Waals surface area contributed by atoms with Crippen molar-refractivity contribution >= 4 is 11.8 Å². The molecule has 0 spiro atoms. The molecule has 3 rings (SSSR count). The average molecular weight is 328 g/mol. The normalized spacial score (nSPS) is 19.5. The minimum Gasteiger partial charge on any atom is -0.348 e. The van der Waals surface area contributed by atoms with Crippen LogP contribution in [-0.2, 0) is 9.59 Å². The Kier molecular flexibility index (Phi) is 5.89. The zero-order valence-electron chi connectivity index (χ0n) is 14.3. The molecule has 2 amide bonds. The van der Waals surface area contributed by atoms with Gasteiger partial charge in [-0.1, -0.05) is 62.4 Å². The van der Waals surface area contributed by atoms with E-state index < -0.39 is 0 Å². The lowest BCUT2D eigenvalue weighted by Crippen LogP contribution is -2.39. The lowest BCUT2D eigenvalue weighted by Gasteiger charge is -2.27. The van der Waals surface area contributed by atoms with Gasteiger partial charge < -0.3 is 10.6 Å². The first-order valence-electron chi connectivity index (χ1n) is 9.34. The van der Waals surface area contributed by atoms with Gasteiger partial charge in [0.15, 0.2) is 0 Å². The summed E-state index contributed by atoms with van der Waals surface area (Å²) in [6.07, 6.45) is 9.38. The molecule has 4 heteroatoms. The van der Waals surface area contributed by atoms with Crippen molar-refractivity contribution in [1.29, 1.82) is 0 Å². The highest BCUT2D eigenvalue weighted by molar-refractivity contribution is 5.87. The fourth-order valence-corrected chi connectivity index (χ4v) is 3.62. The Hall–Kier alpha value is -1.84. The summed E-state index contributed by atoms with van der Waals surface area (Å²) in [5.74, 6) is 0.762. The van der Waals surface area contributed by atoms with Crippen molar-refractivity contribution < 1.29 is 9.59 Å². The number of benzene rings is 1. The lowest BCUT2D eigenvalue weighted by molar-refractivity contribution is -0.127. The van der Waals surface area contributed by atoms with Gasteiger partial charge >= 0.3 is 0 Å². The summed E-state index contributed by atoms with van der Waals surface area (Å²) in [5.41, 5.74) is 1.16. The van der Waals surface area contributed by atoms with Crippen LogP contribution in [0.4, 0.5) is 0 Å². The maximum Gasteiger partial charge on any atom is 0.239 e. The van der Waals surface area contributed by atoms with Crippen LogP contribution in [0.5, 0.6) is 0 Å². The van der Waals surface area contributed by atoms with Crippen molar-refractivity contribution in [3.8, 4) is 0 Å². The Balaban J connectivity index is 1.56. The van der Waals surface area contributed by atoms with Gasteiger partial charge in [-0.05, 0) is 30.7 Å². The number of nitrogens with one attached hydrogen (secondary N) is 2. The summed E-state index contributed by atoms with van der Waals surface area (Å²) in [6, 6.07) is 10.2. The standard InChI is InChI=1S/C20H28N2O2/c23-19(14-21-20(24)17-11-12-17)22-18(16-9-5-2-6-10-16)13-15-7-3-1-4-8-15/h2,5-6,9-10,15,17-18H,1,3-4,7-8,11-14H2,(H,21,24)(H,22,23). The van der Waals surface area contributed by atoms with Gasteiger partial charge in [-0.15, -0.1) is 0 Å². The van der Waals surface area contributed by atoms with E-state index >= 15 is 0 Å². The van der Waals surface area contributed by atoms with Crippen LogP contribution in [-0.4, -0.2) is 18.4 Å². The van der Waals surface area contributed by atoms with Gasteiger partial charge in [0.05, 0.1) is 12.6 Å². The van der Waals surface area contributed by atoms with Gasteiger partial charge in [0.2, 0.25) is 11.8 Å². The molecule has 0 radical (unpaired) electrons. The molecule has 0 aromatic heterocycles. The minimum absolute atomic E-state index is 0.0219. The number of rotatable bonds is 7. The van der Waals surface area contributed by atoms with Crippen LogP contribution in [0.25, 0.3) is 0 Å². The number of hydrogen-bond donors (Lipinski definition) is 2. The third-order valence-electron chi connectivity index (χ3n) is 5.20. The molecule has 0 saturated heterocycles. The van der Waals surface area contributed by atoms with Crippen molar-refractivity contribution in [3.05, 3.63) is 35.9 Å². The van der Waals surface area contributed by atoms with Crippen LogP contribution in [0.3, 0.4) is 0 Å². The molecule has 1 unspecified atom stereocenters. The van der Waals surface area contributed by atoms with E-state index in [4.69, 9.17) is 0 Å². The van der Waals surface area contributed by atoms with Crippen LogP contribution in [0.15, 0.2) is 30.3 Å². The third kappa shape index (κ3) is 5.08. The zero-order chi connectivity index (χ0) is 16.8. The van der Waals surface area contributed by atoms with Crippen LogP contribution >= 0.6 is 0 Å². The molecule has 4 nitrogen and oxygen atoms in total. The Morgan fingerprint density at radius 2 is 1.71 bits per heavy atom. The van der Waals surface area contributed by atoms with Gasteiger partial charge in [-0.25, -0.2) is 0 Å². The first kappa shape index (κ1) is 17.0. The summed E-state index contributed by atoms with van der Waals surface area (Å²) in [6.45, 7) is 0.0866. The van der Waals surface area contributed by atoms with Crippen molar-refractivity contribution in [2.24, 2.45) is 11.8 Å². The first-order valence-corrected chi connectivity index (χ1v) is 9.34. The molecule has 2 saturated carbocycles. The molecular weight excluding hydrogens is 300 g/mol. The SMILES string of the molecule is O=C(CNC(=O)C1CC1)NC(CC1CCCCC1)c1ccccc1. The molecule has 0 aliphatic heterocycles. The second-order valence-corrected chi connectivity index (χ2v) is 7.26. The van der Waals surface area contributed by atoms with E-state index in [0.717, 1.165) is 24.8 Å². The van der Waals surface area contributed by atoms with Crippen molar-refractivity contribution in [3.63, 3.8) is 0 Å². The molecule has 130 valence electrons. The Morgan fingerprint density at radius 1 is 1.00 bits per heavy atom. The van der Waals surface area contributed by atoms with E-state index in [1.54, 1.807) is 0 Å². The summed E-state index contributed by atoms with van der Waals surface area (Å²) in [5, 5.41) is 5.90. The van der Waals surface area contributed by atoms with Crippen molar-refractivity contribution in [1.82, 2.24) is 10.6 Å². The second kappa shape index (κ2) is 8.32. The topological polar surface area (TPSA) is 58.2 Å². The molecule has 2 N–H and O–H groups in total. The smallest absolute Gasteiger partial charge is 0.239 e. The molecule has 1 aromatic rings. The van der Waals surface area contributed by atoms with Crippen LogP contribution in [0.1, 0.15) is 63.0 Å². The minimum atomic E-state index is -0.0892. The summed E-state index contributed by atoms with van der Waals surface area (Å²) in [4.78, 5) is 24.0. The summed E-state index contributed by atoms with van der Waals surface area (Å²) >= 11 is 0. The predicted octanol–water partition coefficient (Wildman–Crippen LogP) is 3.34. The molecule has 2 aliphatic rings. The molecule has 0 bridgehead atoms. The summed E-state index contributed by atoms with van der Waals surface area (Å²) in [7, 11) is 0. The fraction of sp³-hybridized carbons (Fsp3) is 0.600. The predicted molar refractivity (Wildman–Crippen MR) is 94.3 cm³/mol. The van der Waals surface area contributed by atoms with Crippen molar-refractivity contribution in [2.75, 3.05) is 6.54 Å². The average Bonchev–Trinajstić information content (AvgIpc) is 3.46. The Morgan fingerprint density at radius 3 is 2.38 bits per heavy atom. The Bertz CT molecular complexity index is 548. The van der Waals surface area contributed by atoms with Gasteiger partial charge in [-0.3, -0.25) is 9.59 Å². The number of carbonyl (C=O) groups excluding carboxylic acids is 2. The molecule has 1 aromatic carbocycles. The van der Waals surface area contributed by atoms with E-state index in [9.17, 15) is 9.59 Å². The molecule has 2 aliphatic carbocycles. The fourth-order valence-electron chi connectivity index (χ4n) is 3.62. The van der Waals surface area contributed by atoms with Crippen LogP contribution in [0.2, 0.25) is 0 Å². The largest absolute Gasteiger partial charge is 0.348 e. The molecule has 1 atom stereocenters. The van der Waals surface area contributed by atoms with E-state index in [1.165, 1.54) is 32.1 Å². The highest BCUT2D eigenvalue weighted by Crippen LogP contribution is 2.32. The maximum absolute atomic E-state index is 12.3. The molecule has 0 heterocycles. The van der Waals surface area contributed by atoms with Crippen LogP contribution in [0, 0.1) is 11.8 Å². The van der Waals surface area contributed by atoms with E-state index in [2.05, 4.69) is 22.8 Å². The van der Waals surface area contributed by atoms with E-state index in [1.807, 2.05) is 18.2 Å². The maximum atomic E-state index is 12.3. The van der Waals surface area contributed by atoms with Gasteiger partial charge in [0.25, 0.3) is 0 Å². The first-order chi connectivity index (χ1) is 11.7. The number of amides is 2. The molecule has 24 heavy (non-hydrogen) atoms. The van der Waals surface area contributed by atoms with Crippen molar-refractivity contribution in [2.45, 2.75) is 57.4 Å². The highest BCUT2D eigenvalue weighted by atomic mass is 16.2. The second-order valence-electron chi connectivity index (χ2n) is 7.26. The third-order valence-corrected chi connectivity index (χ3v) is 5.20. The van der Waals surface area contributed by atoms with Gasteiger partial charge in [0.1, 0.15) is 0 Å². The van der Waals surface area contributed by atoms with E-state index in [-0.39, 0.29) is 30.3 Å².